The van der Waals surface area contributed by atoms with Gasteiger partial charge in [-0.3, -0.25) is 4.79 Å². The van der Waals surface area contributed by atoms with Crippen molar-refractivity contribution in [3.8, 4) is 11.5 Å². The van der Waals surface area contributed by atoms with Gasteiger partial charge in [0, 0.05) is 24.4 Å². The highest BCUT2D eigenvalue weighted by Crippen LogP contribution is 2.24. The summed E-state index contributed by atoms with van der Waals surface area (Å²) in [6.45, 7) is 14.9. The minimum Gasteiger partial charge on any atom is -0.471 e. The Morgan fingerprint density at radius 1 is 1.19 bits per heavy atom. The van der Waals surface area contributed by atoms with Gasteiger partial charge in [0.1, 0.15) is 17.3 Å². The molecule has 0 amide bonds. The first-order chi connectivity index (χ1) is 15.4. The number of benzene rings is 1. The Bertz CT molecular complexity index is 846. The first kappa shape index (κ1) is 28.9. The molecule has 1 heterocycles. The minimum absolute atomic E-state index is 0.375. The van der Waals surface area contributed by atoms with Crippen molar-refractivity contribution in [3.63, 3.8) is 0 Å². The summed E-state index contributed by atoms with van der Waals surface area (Å²) in [6, 6.07) is 11.7. The number of hydrogen-bond donors (Lipinski definition) is 1. The topological polar surface area (TPSA) is 72.8 Å². The number of rotatable bonds is 8. The van der Waals surface area contributed by atoms with E-state index in [0.29, 0.717) is 18.2 Å². The molecular weight excluding hydrogens is 402 g/mol. The summed E-state index contributed by atoms with van der Waals surface area (Å²) in [4.78, 5) is 18.0. The summed E-state index contributed by atoms with van der Waals surface area (Å²) in [5, 5.41) is 3.46. The molecule has 0 radical (unpaired) electrons. The van der Waals surface area contributed by atoms with Crippen LogP contribution in [0.3, 0.4) is 0 Å². The van der Waals surface area contributed by atoms with Crippen LogP contribution >= 0.6 is 0 Å². The van der Waals surface area contributed by atoms with Gasteiger partial charge in [0.25, 0.3) is 6.47 Å². The average molecular weight is 442 g/mol. The molecule has 0 unspecified atom stereocenters. The van der Waals surface area contributed by atoms with Gasteiger partial charge < -0.3 is 14.8 Å². The van der Waals surface area contributed by atoms with Crippen LogP contribution < -0.4 is 10.1 Å². The molecule has 0 atom stereocenters. The largest absolute Gasteiger partial charge is 0.471 e. The standard InChI is InChI=1S/C22H29N3O.C2H4O2.C2H6/c1-6-9-21(24-20(7-2)16(3)4)25-22-15-19(12-13-23-22)26-18-11-8-10-17(5)14-18;1-4-2-3;1-2/h7-8,10-16H,6,9H2,1-5H3,(H,23,24,25);2H,1H3;1-2H3/b20-7-;;. The average Bonchev–Trinajstić information content (AvgIpc) is 2.79. The molecule has 6 nitrogen and oxygen atoms in total. The third-order valence-electron chi connectivity index (χ3n) is 4.00. The Balaban J connectivity index is 0.00000144. The van der Waals surface area contributed by atoms with Crippen LogP contribution in [0.15, 0.2) is 59.4 Å². The molecule has 1 aromatic heterocycles. The van der Waals surface area contributed by atoms with E-state index < -0.39 is 0 Å². The van der Waals surface area contributed by atoms with E-state index in [2.05, 4.69) is 41.9 Å². The fourth-order valence-electron chi connectivity index (χ4n) is 2.58. The molecular formula is C26H39N3O3. The zero-order valence-corrected chi connectivity index (χ0v) is 20.8. The quantitative estimate of drug-likeness (QED) is 0.272. The normalized spacial score (nSPS) is 10.9. The predicted molar refractivity (Wildman–Crippen MR) is 134 cm³/mol. The van der Waals surface area contributed by atoms with E-state index in [-0.39, 0.29) is 0 Å². The molecule has 176 valence electrons. The lowest BCUT2D eigenvalue weighted by atomic mass is 10.1. The summed E-state index contributed by atoms with van der Waals surface area (Å²) < 4.78 is 9.80. The lowest BCUT2D eigenvalue weighted by Crippen LogP contribution is -2.25. The molecule has 6 heteroatoms. The van der Waals surface area contributed by atoms with Gasteiger partial charge in [-0.25, -0.2) is 9.98 Å². The van der Waals surface area contributed by atoms with E-state index in [9.17, 15) is 0 Å². The van der Waals surface area contributed by atoms with Crippen molar-refractivity contribution >= 4 is 18.1 Å². The Hall–Kier alpha value is -3.15. The highest BCUT2D eigenvalue weighted by atomic mass is 16.5. The van der Waals surface area contributed by atoms with Gasteiger partial charge in [0.15, 0.2) is 5.82 Å². The molecule has 0 aliphatic rings. The van der Waals surface area contributed by atoms with Crippen molar-refractivity contribution in [1.82, 2.24) is 10.3 Å². The van der Waals surface area contributed by atoms with Crippen LogP contribution in [0.1, 0.15) is 59.9 Å². The first-order valence-corrected chi connectivity index (χ1v) is 11.1. The highest BCUT2D eigenvalue weighted by Gasteiger charge is 2.07. The van der Waals surface area contributed by atoms with Gasteiger partial charge >= 0.3 is 0 Å². The number of allylic oxidation sites excluding steroid dienone is 2. The number of nitrogens with zero attached hydrogens (tertiary/aromatic N) is 2. The van der Waals surface area contributed by atoms with E-state index in [4.69, 9.17) is 14.5 Å². The molecule has 0 bridgehead atoms. The molecule has 32 heavy (non-hydrogen) atoms. The molecule has 0 saturated carbocycles. The molecule has 0 aliphatic heterocycles. The monoisotopic (exact) mass is 441 g/mol. The van der Waals surface area contributed by atoms with Gasteiger partial charge in [0.05, 0.1) is 7.11 Å². The number of ether oxygens (including phenoxy) is 2. The highest BCUT2D eigenvalue weighted by molar-refractivity contribution is 5.85. The third kappa shape index (κ3) is 11.9. The second-order valence-corrected chi connectivity index (χ2v) is 6.93. The molecule has 2 aromatic rings. The summed E-state index contributed by atoms with van der Waals surface area (Å²) in [7, 11) is 1.31. The van der Waals surface area contributed by atoms with E-state index >= 15 is 0 Å². The SMILES string of the molecule is C/C=C(\NC(CCC)=Nc1cc(Oc2cccc(C)c2)ccn1)C(C)C.CC.COC=O. The molecule has 0 aliphatic carbocycles. The summed E-state index contributed by atoms with van der Waals surface area (Å²) >= 11 is 0. The first-order valence-electron chi connectivity index (χ1n) is 11.1. The van der Waals surface area contributed by atoms with Crippen LogP contribution in [0.5, 0.6) is 11.5 Å². The van der Waals surface area contributed by atoms with Gasteiger partial charge in [0.2, 0.25) is 0 Å². The number of aryl methyl sites for hydroxylation is 1. The van der Waals surface area contributed by atoms with Crippen molar-refractivity contribution in [3.05, 3.63) is 59.9 Å². The Labute approximate surface area is 193 Å². The fourth-order valence-corrected chi connectivity index (χ4v) is 2.58. The second kappa shape index (κ2) is 17.5. The smallest absolute Gasteiger partial charge is 0.292 e. The summed E-state index contributed by atoms with van der Waals surface area (Å²) in [6.07, 6.45) is 5.71. The molecule has 0 fully saturated rings. The summed E-state index contributed by atoms with van der Waals surface area (Å²) in [5.74, 6) is 3.54. The lowest BCUT2D eigenvalue weighted by molar-refractivity contribution is -0.126. The van der Waals surface area contributed by atoms with E-state index in [1.165, 1.54) is 12.8 Å². The van der Waals surface area contributed by atoms with Crippen LogP contribution in [-0.4, -0.2) is 24.4 Å². The van der Waals surface area contributed by atoms with E-state index in [1.54, 1.807) is 6.20 Å². The van der Waals surface area contributed by atoms with Crippen LogP contribution in [0.2, 0.25) is 0 Å². The molecule has 1 aromatic carbocycles. The number of amidine groups is 1. The zero-order valence-electron chi connectivity index (χ0n) is 20.8. The molecule has 1 N–H and O–H groups in total. The Morgan fingerprint density at radius 3 is 2.38 bits per heavy atom. The van der Waals surface area contributed by atoms with Crippen LogP contribution in [0, 0.1) is 12.8 Å². The zero-order chi connectivity index (χ0) is 24.4. The lowest BCUT2D eigenvalue weighted by Gasteiger charge is -2.15. The maximum absolute atomic E-state index is 8.95. The van der Waals surface area contributed by atoms with Gasteiger partial charge in [-0.1, -0.05) is 52.8 Å². The number of carbonyl (C=O) groups excluding carboxylic acids is 1. The maximum Gasteiger partial charge on any atom is 0.292 e. The van der Waals surface area contributed by atoms with Crippen molar-refractivity contribution in [2.45, 2.75) is 61.3 Å². The van der Waals surface area contributed by atoms with Crippen LogP contribution in [-0.2, 0) is 9.53 Å². The Kier molecular flexibility index (Phi) is 15.8. The van der Waals surface area contributed by atoms with Crippen LogP contribution in [0.25, 0.3) is 0 Å². The number of nitrogens with one attached hydrogen (secondary N) is 1. The summed E-state index contributed by atoms with van der Waals surface area (Å²) in [5.41, 5.74) is 2.33. The molecule has 2 rings (SSSR count). The number of methoxy groups -OCH3 is 1. The number of aliphatic imine (C=N–C) groups is 1. The Morgan fingerprint density at radius 2 is 1.84 bits per heavy atom. The number of aromatic nitrogens is 1. The predicted octanol–water partition coefficient (Wildman–Crippen LogP) is 6.98. The fraction of sp³-hybridized carbons (Fsp3) is 0.423. The third-order valence-corrected chi connectivity index (χ3v) is 4.00. The van der Waals surface area contributed by atoms with E-state index in [1.807, 2.05) is 64.1 Å². The van der Waals surface area contributed by atoms with Gasteiger partial charge in [-0.05, 0) is 49.9 Å². The van der Waals surface area contributed by atoms with Gasteiger partial charge in [-0.15, -0.1) is 0 Å². The minimum atomic E-state index is 0.375. The van der Waals surface area contributed by atoms with Crippen molar-refractivity contribution in [2.75, 3.05) is 7.11 Å². The number of pyridine rings is 1. The number of hydrogen-bond acceptors (Lipinski definition) is 5. The van der Waals surface area contributed by atoms with E-state index in [0.717, 1.165) is 35.7 Å². The van der Waals surface area contributed by atoms with Crippen molar-refractivity contribution in [2.24, 2.45) is 10.9 Å². The van der Waals surface area contributed by atoms with Gasteiger partial charge in [-0.2, -0.15) is 0 Å². The molecule has 0 spiro atoms. The van der Waals surface area contributed by atoms with Crippen LogP contribution in [0.4, 0.5) is 5.82 Å². The second-order valence-electron chi connectivity index (χ2n) is 6.93. The maximum atomic E-state index is 8.95. The molecule has 0 saturated heterocycles. The van der Waals surface area contributed by atoms with Crippen molar-refractivity contribution in [1.29, 1.82) is 0 Å². The number of carbonyl (C=O) groups is 1. The van der Waals surface area contributed by atoms with Crippen molar-refractivity contribution < 1.29 is 14.3 Å².